The Kier molecular flexibility index (Phi) is 2.88. The van der Waals surface area contributed by atoms with Crippen LogP contribution in [0.25, 0.3) is 0 Å². The third kappa shape index (κ3) is 2.15. The Hall–Kier alpha value is -2.41. The SMILES string of the molecule is N#Cc1ccc(Cn2ncc3c2CCCC3=O)cc1. The van der Waals surface area contributed by atoms with Crippen LogP contribution in [0.2, 0.25) is 0 Å². The fraction of sp³-hybridized carbons (Fsp3) is 0.267. The molecule has 0 saturated carbocycles. The van der Waals surface area contributed by atoms with Gasteiger partial charge >= 0.3 is 0 Å². The first-order valence-electron chi connectivity index (χ1n) is 6.35. The monoisotopic (exact) mass is 251 g/mol. The highest BCUT2D eigenvalue weighted by Gasteiger charge is 2.21. The largest absolute Gasteiger partial charge is 0.294 e. The van der Waals surface area contributed by atoms with Gasteiger partial charge in [0.05, 0.1) is 29.9 Å². The summed E-state index contributed by atoms with van der Waals surface area (Å²) in [7, 11) is 0. The molecule has 0 unspecified atom stereocenters. The lowest BCUT2D eigenvalue weighted by molar-refractivity contribution is 0.0972. The molecule has 0 spiro atoms. The first-order chi connectivity index (χ1) is 9.28. The molecule has 0 aliphatic heterocycles. The molecule has 94 valence electrons. The Balaban J connectivity index is 1.87. The Morgan fingerprint density at radius 1 is 1.26 bits per heavy atom. The van der Waals surface area contributed by atoms with E-state index < -0.39 is 0 Å². The van der Waals surface area contributed by atoms with Crippen molar-refractivity contribution in [2.75, 3.05) is 0 Å². The van der Waals surface area contributed by atoms with Crippen molar-refractivity contribution in [2.45, 2.75) is 25.8 Å². The van der Waals surface area contributed by atoms with Crippen molar-refractivity contribution in [3.8, 4) is 6.07 Å². The molecule has 0 bridgehead atoms. The van der Waals surface area contributed by atoms with Gasteiger partial charge in [0.25, 0.3) is 0 Å². The van der Waals surface area contributed by atoms with E-state index in [1.54, 1.807) is 18.3 Å². The summed E-state index contributed by atoms with van der Waals surface area (Å²) in [6.07, 6.45) is 4.14. The number of aromatic nitrogens is 2. The maximum Gasteiger partial charge on any atom is 0.166 e. The van der Waals surface area contributed by atoms with Crippen LogP contribution in [0.5, 0.6) is 0 Å². The predicted octanol–water partition coefficient (Wildman–Crippen LogP) is 2.32. The van der Waals surface area contributed by atoms with E-state index in [1.807, 2.05) is 16.8 Å². The molecule has 0 saturated heterocycles. The van der Waals surface area contributed by atoms with Crippen molar-refractivity contribution >= 4 is 5.78 Å². The first-order valence-corrected chi connectivity index (χ1v) is 6.35. The lowest BCUT2D eigenvalue weighted by atomic mass is 9.97. The molecule has 1 heterocycles. The summed E-state index contributed by atoms with van der Waals surface area (Å²) in [6.45, 7) is 0.647. The molecule has 2 aromatic rings. The zero-order valence-corrected chi connectivity index (χ0v) is 10.5. The van der Waals surface area contributed by atoms with E-state index in [4.69, 9.17) is 5.26 Å². The molecule has 3 rings (SSSR count). The van der Waals surface area contributed by atoms with Crippen molar-refractivity contribution in [3.63, 3.8) is 0 Å². The van der Waals surface area contributed by atoms with Gasteiger partial charge in [-0.25, -0.2) is 0 Å². The van der Waals surface area contributed by atoms with Crippen molar-refractivity contribution < 1.29 is 4.79 Å². The summed E-state index contributed by atoms with van der Waals surface area (Å²) in [6, 6.07) is 9.56. The number of benzene rings is 1. The highest BCUT2D eigenvalue weighted by molar-refractivity contribution is 5.97. The number of nitrogens with zero attached hydrogens (tertiary/aromatic N) is 3. The van der Waals surface area contributed by atoms with Gasteiger partial charge in [0.15, 0.2) is 5.78 Å². The van der Waals surface area contributed by atoms with Crippen LogP contribution in [-0.4, -0.2) is 15.6 Å². The number of carbonyl (C=O) groups excluding carboxylic acids is 1. The smallest absolute Gasteiger partial charge is 0.166 e. The average Bonchev–Trinajstić information content (AvgIpc) is 2.84. The predicted molar refractivity (Wildman–Crippen MR) is 69.8 cm³/mol. The van der Waals surface area contributed by atoms with E-state index in [0.717, 1.165) is 29.7 Å². The number of hydrogen-bond donors (Lipinski definition) is 0. The summed E-state index contributed by atoms with van der Waals surface area (Å²) in [5.41, 5.74) is 3.56. The minimum absolute atomic E-state index is 0.201. The van der Waals surface area contributed by atoms with Crippen LogP contribution >= 0.6 is 0 Å². The maximum atomic E-state index is 11.7. The van der Waals surface area contributed by atoms with Gasteiger partial charge in [0, 0.05) is 12.1 Å². The molecule has 1 aromatic carbocycles. The molecule has 1 aromatic heterocycles. The van der Waals surface area contributed by atoms with E-state index in [2.05, 4.69) is 11.2 Å². The molecule has 0 radical (unpaired) electrons. The van der Waals surface area contributed by atoms with Gasteiger partial charge in [-0.2, -0.15) is 10.4 Å². The molecule has 0 N–H and O–H groups in total. The molecule has 0 amide bonds. The highest BCUT2D eigenvalue weighted by atomic mass is 16.1. The molecule has 0 fully saturated rings. The number of carbonyl (C=O) groups is 1. The van der Waals surface area contributed by atoms with Crippen molar-refractivity contribution in [2.24, 2.45) is 0 Å². The normalized spacial score (nSPS) is 13.9. The van der Waals surface area contributed by atoms with E-state index in [-0.39, 0.29) is 5.78 Å². The number of hydrogen-bond acceptors (Lipinski definition) is 3. The Labute approximate surface area is 111 Å². The summed E-state index contributed by atoms with van der Waals surface area (Å²) >= 11 is 0. The van der Waals surface area contributed by atoms with E-state index in [1.165, 1.54) is 0 Å². The minimum atomic E-state index is 0.201. The number of nitriles is 1. The van der Waals surface area contributed by atoms with Crippen LogP contribution in [-0.2, 0) is 13.0 Å². The molecule has 4 heteroatoms. The van der Waals surface area contributed by atoms with Crippen LogP contribution < -0.4 is 0 Å². The Morgan fingerprint density at radius 2 is 2.05 bits per heavy atom. The van der Waals surface area contributed by atoms with Crippen LogP contribution in [0.4, 0.5) is 0 Å². The van der Waals surface area contributed by atoms with Gasteiger partial charge in [0.1, 0.15) is 0 Å². The minimum Gasteiger partial charge on any atom is -0.294 e. The van der Waals surface area contributed by atoms with E-state index in [9.17, 15) is 4.79 Å². The van der Waals surface area contributed by atoms with Gasteiger partial charge in [-0.05, 0) is 30.5 Å². The van der Waals surface area contributed by atoms with Crippen LogP contribution in [0.15, 0.2) is 30.5 Å². The second-order valence-corrected chi connectivity index (χ2v) is 4.75. The number of Topliss-reactive ketones (excluding diaryl/α,β-unsaturated/α-hetero) is 1. The fourth-order valence-electron chi connectivity index (χ4n) is 2.45. The quantitative estimate of drug-likeness (QED) is 0.823. The first kappa shape index (κ1) is 11.7. The summed E-state index contributed by atoms with van der Waals surface area (Å²) < 4.78 is 1.90. The molecule has 1 aliphatic rings. The molecule has 19 heavy (non-hydrogen) atoms. The summed E-state index contributed by atoms with van der Waals surface area (Å²) in [5.74, 6) is 0.201. The van der Waals surface area contributed by atoms with Gasteiger partial charge in [-0.3, -0.25) is 9.48 Å². The second-order valence-electron chi connectivity index (χ2n) is 4.75. The summed E-state index contributed by atoms with van der Waals surface area (Å²) in [5, 5.41) is 13.1. The molecule has 4 nitrogen and oxygen atoms in total. The van der Waals surface area contributed by atoms with Gasteiger partial charge in [-0.15, -0.1) is 0 Å². The number of fused-ring (bicyclic) bond motifs is 1. The van der Waals surface area contributed by atoms with Crippen LogP contribution in [0, 0.1) is 11.3 Å². The van der Waals surface area contributed by atoms with Crippen LogP contribution in [0.1, 0.15) is 40.0 Å². The Bertz CT molecular complexity index is 662. The van der Waals surface area contributed by atoms with Crippen molar-refractivity contribution in [1.29, 1.82) is 5.26 Å². The molecular weight excluding hydrogens is 238 g/mol. The second kappa shape index (κ2) is 4.69. The van der Waals surface area contributed by atoms with E-state index in [0.29, 0.717) is 18.5 Å². The lowest BCUT2D eigenvalue weighted by Gasteiger charge is -2.13. The molecule has 0 atom stereocenters. The number of ketones is 1. The van der Waals surface area contributed by atoms with Crippen LogP contribution in [0.3, 0.4) is 0 Å². The lowest BCUT2D eigenvalue weighted by Crippen LogP contribution is -2.14. The highest BCUT2D eigenvalue weighted by Crippen LogP contribution is 2.21. The Morgan fingerprint density at radius 3 is 2.79 bits per heavy atom. The average molecular weight is 251 g/mol. The van der Waals surface area contributed by atoms with Crippen molar-refractivity contribution in [1.82, 2.24) is 9.78 Å². The number of rotatable bonds is 2. The van der Waals surface area contributed by atoms with E-state index >= 15 is 0 Å². The van der Waals surface area contributed by atoms with Gasteiger partial charge < -0.3 is 0 Å². The zero-order valence-electron chi connectivity index (χ0n) is 10.5. The zero-order chi connectivity index (χ0) is 13.2. The van der Waals surface area contributed by atoms with Gasteiger partial charge in [0.2, 0.25) is 0 Å². The fourth-order valence-corrected chi connectivity index (χ4v) is 2.45. The maximum absolute atomic E-state index is 11.7. The van der Waals surface area contributed by atoms with Crippen molar-refractivity contribution in [3.05, 3.63) is 52.8 Å². The van der Waals surface area contributed by atoms with Gasteiger partial charge in [-0.1, -0.05) is 12.1 Å². The third-order valence-electron chi connectivity index (χ3n) is 3.48. The standard InChI is InChI=1S/C15H13N3O/c16-8-11-4-6-12(7-5-11)10-18-14-2-1-3-15(19)13(14)9-17-18/h4-7,9H,1-3,10H2. The topological polar surface area (TPSA) is 58.7 Å². The molecular formula is C15H13N3O. The molecule has 1 aliphatic carbocycles. The third-order valence-corrected chi connectivity index (χ3v) is 3.48. The summed E-state index contributed by atoms with van der Waals surface area (Å²) in [4.78, 5) is 11.7.